The van der Waals surface area contributed by atoms with E-state index in [1.807, 2.05) is 6.07 Å². The van der Waals surface area contributed by atoms with Crippen LogP contribution in [0.4, 0.5) is 11.4 Å². The SMILES string of the molecule is CC(=O)c1ccc(NC(=O)C[C@@H]2Nc3ccccc3OC2=O)cc1. The molecule has 0 bridgehead atoms. The maximum Gasteiger partial charge on any atom is 0.334 e. The van der Waals surface area contributed by atoms with Crippen LogP contribution in [-0.4, -0.2) is 23.7 Å². The van der Waals surface area contributed by atoms with Gasteiger partial charge in [-0.05, 0) is 43.3 Å². The number of nitrogens with one attached hydrogen (secondary N) is 2. The number of fused-ring (bicyclic) bond motifs is 1. The van der Waals surface area contributed by atoms with Crippen LogP contribution in [-0.2, 0) is 9.59 Å². The van der Waals surface area contributed by atoms with Crippen molar-refractivity contribution in [2.45, 2.75) is 19.4 Å². The first-order chi connectivity index (χ1) is 11.5. The molecule has 1 aliphatic rings. The van der Waals surface area contributed by atoms with Gasteiger partial charge < -0.3 is 15.4 Å². The topological polar surface area (TPSA) is 84.5 Å². The summed E-state index contributed by atoms with van der Waals surface area (Å²) in [5.41, 5.74) is 1.82. The standard InChI is InChI=1S/C18H16N2O4/c1-11(21)12-6-8-13(9-7-12)19-17(22)10-15-18(23)24-16-5-3-2-4-14(16)20-15/h2-9,15,20H,10H2,1H3,(H,19,22)/t15-/m0/s1. The number of hydrogen-bond acceptors (Lipinski definition) is 5. The molecule has 0 saturated heterocycles. The van der Waals surface area contributed by atoms with Gasteiger partial charge in [0.1, 0.15) is 6.04 Å². The number of esters is 1. The average Bonchev–Trinajstić information content (AvgIpc) is 2.56. The van der Waals surface area contributed by atoms with Crippen LogP contribution in [0.1, 0.15) is 23.7 Å². The van der Waals surface area contributed by atoms with Gasteiger partial charge in [-0.1, -0.05) is 12.1 Å². The molecule has 1 heterocycles. The number of para-hydroxylation sites is 2. The Hall–Kier alpha value is -3.15. The first kappa shape index (κ1) is 15.7. The highest BCUT2D eigenvalue weighted by molar-refractivity contribution is 5.98. The Kier molecular flexibility index (Phi) is 4.29. The lowest BCUT2D eigenvalue weighted by atomic mass is 10.1. The summed E-state index contributed by atoms with van der Waals surface area (Å²) in [6, 6.07) is 12.9. The van der Waals surface area contributed by atoms with E-state index in [0.29, 0.717) is 22.7 Å². The van der Waals surface area contributed by atoms with Gasteiger partial charge in [0.15, 0.2) is 11.5 Å². The van der Waals surface area contributed by atoms with Crippen LogP contribution in [0.5, 0.6) is 5.75 Å². The molecular formula is C18H16N2O4. The first-order valence-corrected chi connectivity index (χ1v) is 7.51. The third kappa shape index (κ3) is 3.43. The predicted molar refractivity (Wildman–Crippen MR) is 89.2 cm³/mol. The van der Waals surface area contributed by atoms with Gasteiger partial charge in [-0.25, -0.2) is 4.79 Å². The van der Waals surface area contributed by atoms with E-state index in [2.05, 4.69) is 10.6 Å². The zero-order valence-corrected chi connectivity index (χ0v) is 13.0. The van der Waals surface area contributed by atoms with Gasteiger partial charge >= 0.3 is 5.97 Å². The number of benzene rings is 2. The van der Waals surface area contributed by atoms with Gasteiger partial charge in [-0.15, -0.1) is 0 Å². The molecule has 0 aliphatic carbocycles. The zero-order valence-electron chi connectivity index (χ0n) is 13.0. The molecule has 0 unspecified atom stereocenters. The summed E-state index contributed by atoms with van der Waals surface area (Å²) in [4.78, 5) is 35.3. The van der Waals surface area contributed by atoms with Gasteiger partial charge in [0.05, 0.1) is 12.1 Å². The lowest BCUT2D eigenvalue weighted by Gasteiger charge is -2.25. The van der Waals surface area contributed by atoms with Crippen molar-refractivity contribution in [2.24, 2.45) is 0 Å². The number of carbonyl (C=O) groups is 3. The summed E-state index contributed by atoms with van der Waals surface area (Å²) < 4.78 is 5.22. The summed E-state index contributed by atoms with van der Waals surface area (Å²) in [7, 11) is 0. The van der Waals surface area contributed by atoms with Crippen LogP contribution >= 0.6 is 0 Å². The third-order valence-electron chi connectivity index (χ3n) is 3.68. The number of ether oxygens (including phenoxy) is 1. The quantitative estimate of drug-likeness (QED) is 0.513. The van der Waals surface area contributed by atoms with Crippen molar-refractivity contribution in [1.82, 2.24) is 0 Å². The van der Waals surface area contributed by atoms with Crippen LogP contribution in [0.15, 0.2) is 48.5 Å². The zero-order chi connectivity index (χ0) is 17.1. The van der Waals surface area contributed by atoms with Crippen molar-refractivity contribution < 1.29 is 19.1 Å². The van der Waals surface area contributed by atoms with E-state index in [9.17, 15) is 14.4 Å². The minimum Gasteiger partial charge on any atom is -0.423 e. The monoisotopic (exact) mass is 324 g/mol. The van der Waals surface area contributed by atoms with Crippen LogP contribution in [0, 0.1) is 0 Å². The second-order valence-electron chi connectivity index (χ2n) is 5.50. The Balaban J connectivity index is 1.63. The van der Waals surface area contributed by atoms with Gasteiger partial charge in [0, 0.05) is 11.3 Å². The average molecular weight is 324 g/mol. The molecule has 0 fully saturated rings. The summed E-state index contributed by atoms with van der Waals surface area (Å²) >= 11 is 0. The van der Waals surface area contributed by atoms with E-state index in [1.165, 1.54) is 6.92 Å². The fourth-order valence-corrected chi connectivity index (χ4v) is 2.42. The molecule has 122 valence electrons. The number of ketones is 1. The maximum atomic E-state index is 12.1. The van der Waals surface area contributed by atoms with Gasteiger partial charge in [0.25, 0.3) is 0 Å². The van der Waals surface area contributed by atoms with Gasteiger partial charge in [-0.2, -0.15) is 0 Å². The Morgan fingerprint density at radius 1 is 1.12 bits per heavy atom. The van der Waals surface area contributed by atoms with E-state index in [4.69, 9.17) is 4.74 Å². The summed E-state index contributed by atoms with van der Waals surface area (Å²) in [5.74, 6) is -0.394. The van der Waals surface area contributed by atoms with E-state index in [0.717, 1.165) is 0 Å². The molecule has 2 N–H and O–H groups in total. The minimum absolute atomic E-state index is 0.0410. The maximum absolute atomic E-state index is 12.1. The molecule has 1 atom stereocenters. The molecule has 24 heavy (non-hydrogen) atoms. The molecule has 2 aromatic carbocycles. The molecule has 0 saturated carbocycles. The first-order valence-electron chi connectivity index (χ1n) is 7.51. The van der Waals surface area contributed by atoms with Crippen molar-refractivity contribution in [3.05, 3.63) is 54.1 Å². The van der Waals surface area contributed by atoms with Crippen molar-refractivity contribution >= 4 is 29.0 Å². The summed E-state index contributed by atoms with van der Waals surface area (Å²) in [6.45, 7) is 1.48. The second kappa shape index (κ2) is 6.54. The van der Waals surface area contributed by atoms with E-state index in [1.54, 1.807) is 42.5 Å². The molecule has 0 spiro atoms. The molecule has 6 heteroatoms. The molecule has 1 amide bonds. The molecular weight excluding hydrogens is 308 g/mol. The van der Waals surface area contributed by atoms with Crippen LogP contribution in [0.25, 0.3) is 0 Å². The summed E-state index contributed by atoms with van der Waals surface area (Å²) in [6.07, 6.45) is -0.0539. The number of rotatable bonds is 4. The highest BCUT2D eigenvalue weighted by atomic mass is 16.5. The molecule has 0 aromatic heterocycles. The molecule has 1 aliphatic heterocycles. The van der Waals surface area contributed by atoms with Crippen LogP contribution < -0.4 is 15.4 Å². The van der Waals surface area contributed by atoms with Crippen LogP contribution in [0.3, 0.4) is 0 Å². The Bertz CT molecular complexity index is 799. The number of carbonyl (C=O) groups excluding carboxylic acids is 3. The minimum atomic E-state index is -0.739. The Morgan fingerprint density at radius 3 is 2.54 bits per heavy atom. The number of amides is 1. The molecule has 2 aromatic rings. The largest absolute Gasteiger partial charge is 0.423 e. The number of hydrogen-bond donors (Lipinski definition) is 2. The van der Waals surface area contributed by atoms with E-state index >= 15 is 0 Å². The fourth-order valence-electron chi connectivity index (χ4n) is 2.42. The van der Waals surface area contributed by atoms with Gasteiger partial charge in [0.2, 0.25) is 5.91 Å². The highest BCUT2D eigenvalue weighted by Gasteiger charge is 2.29. The second-order valence-corrected chi connectivity index (χ2v) is 5.50. The normalized spacial score (nSPS) is 15.7. The molecule has 6 nitrogen and oxygen atoms in total. The lowest BCUT2D eigenvalue weighted by Crippen LogP contribution is -2.39. The highest BCUT2D eigenvalue weighted by Crippen LogP contribution is 2.29. The third-order valence-corrected chi connectivity index (χ3v) is 3.68. The smallest absolute Gasteiger partial charge is 0.334 e. The van der Waals surface area contributed by atoms with Crippen molar-refractivity contribution in [1.29, 1.82) is 0 Å². The predicted octanol–water partition coefficient (Wildman–Crippen LogP) is 2.62. The van der Waals surface area contributed by atoms with E-state index < -0.39 is 12.0 Å². The summed E-state index contributed by atoms with van der Waals surface area (Å²) in [5, 5.41) is 5.71. The van der Waals surface area contributed by atoms with Crippen LogP contribution in [0.2, 0.25) is 0 Å². The number of Topliss-reactive ketones (excluding diaryl/α,β-unsaturated/α-hetero) is 1. The van der Waals surface area contributed by atoms with Gasteiger partial charge in [-0.3, -0.25) is 9.59 Å². The van der Waals surface area contributed by atoms with E-state index in [-0.39, 0.29) is 18.1 Å². The van der Waals surface area contributed by atoms with Crippen molar-refractivity contribution in [3.63, 3.8) is 0 Å². The van der Waals surface area contributed by atoms with Crippen molar-refractivity contribution in [3.8, 4) is 5.75 Å². The Morgan fingerprint density at radius 2 is 1.83 bits per heavy atom. The molecule has 3 rings (SSSR count). The lowest BCUT2D eigenvalue weighted by molar-refractivity contribution is -0.137. The fraction of sp³-hybridized carbons (Fsp3) is 0.167. The van der Waals surface area contributed by atoms with Crippen molar-refractivity contribution in [2.75, 3.05) is 10.6 Å². The Labute approximate surface area is 138 Å². The molecule has 0 radical (unpaired) electrons. The number of anilines is 2.